The van der Waals surface area contributed by atoms with E-state index in [1.54, 1.807) is 29.2 Å². The van der Waals surface area contributed by atoms with E-state index in [1.165, 1.54) is 0 Å². The fourth-order valence-electron chi connectivity index (χ4n) is 4.39. The van der Waals surface area contributed by atoms with E-state index in [-0.39, 0.29) is 0 Å². The van der Waals surface area contributed by atoms with Crippen LogP contribution in [-0.4, -0.2) is 19.6 Å². The summed E-state index contributed by atoms with van der Waals surface area (Å²) in [6.07, 6.45) is 3.32. The summed E-state index contributed by atoms with van der Waals surface area (Å²) in [7, 11) is 1.85. The molecule has 0 aliphatic rings. The lowest BCUT2D eigenvalue weighted by Gasteiger charge is -2.30. The predicted molar refractivity (Wildman–Crippen MR) is 139 cm³/mol. The molecule has 1 unspecified atom stereocenters. The minimum Gasteiger partial charge on any atom is -0.374 e. The minimum atomic E-state index is -1.51. The van der Waals surface area contributed by atoms with Crippen LogP contribution >= 0.6 is 34.8 Å². The molecule has 0 aliphatic heterocycles. The number of fused-ring (bicyclic) bond motifs is 1. The van der Waals surface area contributed by atoms with Gasteiger partial charge in [0.25, 0.3) is 0 Å². The molecule has 0 saturated carbocycles. The highest BCUT2D eigenvalue weighted by atomic mass is 35.5. The van der Waals surface area contributed by atoms with Crippen LogP contribution in [0.4, 0.5) is 0 Å². The van der Waals surface area contributed by atoms with Crippen molar-refractivity contribution in [3.05, 3.63) is 117 Å². The van der Waals surface area contributed by atoms with Crippen LogP contribution in [0.25, 0.3) is 22.0 Å². The number of hydrogen-bond acceptors (Lipinski definition) is 3. The molecule has 2 aromatic heterocycles. The van der Waals surface area contributed by atoms with Crippen LogP contribution in [0.2, 0.25) is 15.2 Å². The van der Waals surface area contributed by atoms with Gasteiger partial charge >= 0.3 is 0 Å². The van der Waals surface area contributed by atoms with Crippen molar-refractivity contribution in [1.29, 1.82) is 0 Å². The second-order valence-corrected chi connectivity index (χ2v) is 9.43. The van der Waals surface area contributed by atoms with Crippen molar-refractivity contribution < 1.29 is 5.11 Å². The normalized spacial score (nSPS) is 13.2. The lowest BCUT2D eigenvalue weighted by molar-refractivity contribution is 0.117. The zero-order valence-corrected chi connectivity index (χ0v) is 20.7. The van der Waals surface area contributed by atoms with Crippen LogP contribution in [0, 0.1) is 6.92 Å². The molecular formula is C27H20Cl3N3O. The number of nitrogens with zero attached hydrogens (tertiary/aromatic N) is 3. The SMILES string of the molecule is Cc1cc(C(O)(c2ccc(Cl)cc2)c2cncn2C)cc2c(Cl)c(-c3ccccc3)c(Cl)nc12. The van der Waals surface area contributed by atoms with E-state index in [0.717, 1.165) is 11.1 Å². The second-order valence-electron chi connectivity index (χ2n) is 8.25. The third-order valence-electron chi connectivity index (χ3n) is 6.10. The van der Waals surface area contributed by atoms with E-state index < -0.39 is 5.60 Å². The van der Waals surface area contributed by atoms with Gasteiger partial charge in [-0.3, -0.25) is 0 Å². The van der Waals surface area contributed by atoms with Gasteiger partial charge in [-0.05, 0) is 47.4 Å². The van der Waals surface area contributed by atoms with Crippen molar-refractivity contribution in [2.45, 2.75) is 12.5 Å². The molecule has 0 amide bonds. The summed E-state index contributed by atoms with van der Waals surface area (Å²) >= 11 is 19.7. The zero-order chi connectivity index (χ0) is 24.0. The smallest absolute Gasteiger partial charge is 0.156 e. The number of pyridine rings is 1. The third-order valence-corrected chi connectivity index (χ3v) is 7.02. The molecule has 0 aliphatic carbocycles. The Hall–Kier alpha value is -2.89. The molecule has 2 heterocycles. The average molecular weight is 509 g/mol. The monoisotopic (exact) mass is 507 g/mol. The number of benzene rings is 3. The molecule has 0 saturated heterocycles. The second kappa shape index (κ2) is 8.71. The van der Waals surface area contributed by atoms with Crippen molar-refractivity contribution in [3.63, 3.8) is 0 Å². The van der Waals surface area contributed by atoms with Gasteiger partial charge in [-0.25, -0.2) is 9.97 Å². The molecule has 170 valence electrons. The molecule has 3 aromatic carbocycles. The third kappa shape index (κ3) is 3.68. The molecule has 0 spiro atoms. The van der Waals surface area contributed by atoms with E-state index in [2.05, 4.69) is 9.97 Å². The number of imidazole rings is 1. The van der Waals surface area contributed by atoms with E-state index in [4.69, 9.17) is 34.8 Å². The Bertz CT molecular complexity index is 1510. The van der Waals surface area contributed by atoms with Gasteiger partial charge in [-0.15, -0.1) is 0 Å². The van der Waals surface area contributed by atoms with Crippen LogP contribution in [0.5, 0.6) is 0 Å². The molecule has 1 N–H and O–H groups in total. The molecule has 5 aromatic rings. The first kappa shape index (κ1) is 22.9. The quantitative estimate of drug-likeness (QED) is 0.261. The van der Waals surface area contributed by atoms with Crippen molar-refractivity contribution in [2.75, 3.05) is 0 Å². The van der Waals surface area contributed by atoms with E-state index >= 15 is 0 Å². The first-order chi connectivity index (χ1) is 16.3. The number of hydrogen-bond donors (Lipinski definition) is 1. The van der Waals surface area contributed by atoms with Gasteiger partial charge in [-0.2, -0.15) is 0 Å². The van der Waals surface area contributed by atoms with Crippen LogP contribution < -0.4 is 0 Å². The van der Waals surface area contributed by atoms with Crippen molar-refractivity contribution >= 4 is 45.7 Å². The van der Waals surface area contributed by atoms with Gasteiger partial charge in [0, 0.05) is 23.0 Å². The zero-order valence-electron chi connectivity index (χ0n) is 18.4. The predicted octanol–water partition coefficient (Wildman–Crippen LogP) is 7.19. The van der Waals surface area contributed by atoms with Crippen LogP contribution in [0.15, 0.2) is 79.3 Å². The van der Waals surface area contributed by atoms with Gasteiger partial charge in [0.05, 0.1) is 28.8 Å². The first-order valence-electron chi connectivity index (χ1n) is 10.6. The maximum Gasteiger partial charge on any atom is 0.156 e. The fourth-order valence-corrected chi connectivity index (χ4v) is 5.20. The number of rotatable bonds is 4. The molecule has 4 nitrogen and oxygen atoms in total. The highest BCUT2D eigenvalue weighted by Gasteiger charge is 2.37. The van der Waals surface area contributed by atoms with E-state index in [1.807, 2.05) is 68.6 Å². The van der Waals surface area contributed by atoms with Gasteiger partial charge < -0.3 is 9.67 Å². The topological polar surface area (TPSA) is 50.9 Å². The standard InChI is InChI=1S/C27H20Cl3N3O/c1-16-12-19(27(34,22-14-31-15-33(22)2)18-8-10-20(28)11-9-18)13-21-24(29)23(26(30)32-25(16)21)17-6-4-3-5-7-17/h3-15,34H,1-2H3. The molecule has 1 atom stereocenters. The average Bonchev–Trinajstić information content (AvgIpc) is 3.27. The van der Waals surface area contributed by atoms with Crippen LogP contribution in [0.1, 0.15) is 22.4 Å². The number of aliphatic hydroxyl groups is 1. The molecule has 0 bridgehead atoms. The summed E-state index contributed by atoms with van der Waals surface area (Å²) in [4.78, 5) is 8.91. The Balaban J connectivity index is 1.83. The van der Waals surface area contributed by atoms with E-state index in [0.29, 0.717) is 48.5 Å². The minimum absolute atomic E-state index is 0.333. The maximum absolute atomic E-state index is 12.3. The lowest BCUT2D eigenvalue weighted by Crippen LogP contribution is -2.31. The Morgan fingerprint density at radius 2 is 1.62 bits per heavy atom. The summed E-state index contributed by atoms with van der Waals surface area (Å²) in [6.45, 7) is 1.93. The van der Waals surface area contributed by atoms with Gasteiger partial charge in [-0.1, -0.05) is 83.3 Å². The van der Waals surface area contributed by atoms with Crippen LogP contribution in [0.3, 0.4) is 0 Å². The lowest BCUT2D eigenvalue weighted by atomic mass is 9.82. The molecule has 34 heavy (non-hydrogen) atoms. The molecule has 0 radical (unpaired) electrons. The van der Waals surface area contributed by atoms with Crippen molar-refractivity contribution in [1.82, 2.24) is 14.5 Å². The molecule has 5 rings (SSSR count). The number of aryl methyl sites for hydroxylation is 2. The van der Waals surface area contributed by atoms with Crippen molar-refractivity contribution in [3.8, 4) is 11.1 Å². The Morgan fingerprint density at radius 3 is 2.26 bits per heavy atom. The van der Waals surface area contributed by atoms with E-state index in [9.17, 15) is 5.11 Å². The highest BCUT2D eigenvalue weighted by Crippen LogP contribution is 2.43. The van der Waals surface area contributed by atoms with Gasteiger partial charge in [0.15, 0.2) is 5.60 Å². The first-order valence-corrected chi connectivity index (χ1v) is 11.7. The summed E-state index contributed by atoms with van der Waals surface area (Å²) < 4.78 is 1.80. The maximum atomic E-state index is 12.3. The Kier molecular flexibility index (Phi) is 5.86. The highest BCUT2D eigenvalue weighted by molar-refractivity contribution is 6.42. The number of halogens is 3. The van der Waals surface area contributed by atoms with Gasteiger partial charge in [0.2, 0.25) is 0 Å². The molecule has 7 heteroatoms. The number of aromatic nitrogens is 3. The summed E-state index contributed by atoms with van der Waals surface area (Å²) in [5, 5.41) is 14.4. The van der Waals surface area contributed by atoms with Gasteiger partial charge in [0.1, 0.15) is 5.15 Å². The summed E-state index contributed by atoms with van der Waals surface area (Å²) in [6, 6.07) is 20.6. The Labute approximate surface area is 212 Å². The molecule has 0 fully saturated rings. The molecular weight excluding hydrogens is 489 g/mol. The Morgan fingerprint density at radius 1 is 0.912 bits per heavy atom. The summed E-state index contributed by atoms with van der Waals surface area (Å²) in [5.74, 6) is 0. The largest absolute Gasteiger partial charge is 0.374 e. The fraction of sp³-hybridized carbons (Fsp3) is 0.111. The summed E-state index contributed by atoms with van der Waals surface area (Å²) in [5.41, 5.74) is 3.43. The van der Waals surface area contributed by atoms with Crippen LogP contribution in [-0.2, 0) is 12.6 Å². The van der Waals surface area contributed by atoms with Crippen molar-refractivity contribution in [2.24, 2.45) is 7.05 Å².